The quantitative estimate of drug-likeness (QED) is 0.733. The maximum absolute atomic E-state index is 14.1. The first kappa shape index (κ1) is 17.1. The lowest BCUT2D eigenvalue weighted by molar-refractivity contribution is -0.118. The van der Waals surface area contributed by atoms with E-state index in [0.29, 0.717) is 18.4 Å². The first-order valence-electron chi connectivity index (χ1n) is 8.21. The van der Waals surface area contributed by atoms with E-state index in [-0.39, 0.29) is 17.4 Å². The van der Waals surface area contributed by atoms with Gasteiger partial charge >= 0.3 is 0 Å². The van der Waals surface area contributed by atoms with Crippen LogP contribution in [0.5, 0.6) is 5.75 Å². The molecule has 1 amide bonds. The number of nitrogens with one attached hydrogen (secondary N) is 1. The number of benzene rings is 2. The second kappa shape index (κ2) is 6.15. The van der Waals surface area contributed by atoms with Crippen LogP contribution in [0.4, 0.5) is 19.0 Å². The predicted octanol–water partition coefficient (Wildman–Crippen LogP) is 3.67. The van der Waals surface area contributed by atoms with Crippen molar-refractivity contribution in [3.63, 3.8) is 0 Å². The molecule has 8 heteroatoms. The van der Waals surface area contributed by atoms with Gasteiger partial charge in [-0.2, -0.15) is 5.10 Å². The van der Waals surface area contributed by atoms with E-state index >= 15 is 0 Å². The van der Waals surface area contributed by atoms with Crippen molar-refractivity contribution in [1.29, 1.82) is 0 Å². The Hall–Kier alpha value is -3.29. The van der Waals surface area contributed by atoms with Gasteiger partial charge in [0, 0.05) is 30.0 Å². The fourth-order valence-corrected chi connectivity index (χ4v) is 3.05. The Morgan fingerprint density at radius 1 is 1.07 bits per heavy atom. The number of aromatic nitrogens is 2. The largest absolute Gasteiger partial charge is 0.503 e. The van der Waals surface area contributed by atoms with Crippen LogP contribution >= 0.6 is 0 Å². The van der Waals surface area contributed by atoms with E-state index in [1.54, 1.807) is 18.2 Å². The molecule has 0 unspecified atom stereocenters. The van der Waals surface area contributed by atoms with Crippen molar-refractivity contribution in [2.24, 2.45) is 0 Å². The van der Waals surface area contributed by atoms with E-state index in [0.717, 1.165) is 16.8 Å². The number of phenols is 1. The van der Waals surface area contributed by atoms with Crippen molar-refractivity contribution in [3.05, 3.63) is 71.7 Å². The molecular weight excluding hydrogens is 359 g/mol. The molecule has 0 radical (unpaired) electrons. The summed E-state index contributed by atoms with van der Waals surface area (Å²) in [5.74, 6) is -3.98. The van der Waals surface area contributed by atoms with Crippen LogP contribution in [-0.2, 0) is 10.2 Å². The lowest BCUT2D eigenvalue weighted by Gasteiger charge is -2.15. The topological polar surface area (TPSA) is 67.2 Å². The zero-order valence-corrected chi connectivity index (χ0v) is 13.9. The summed E-state index contributed by atoms with van der Waals surface area (Å²) in [6, 6.07) is 9.42. The molecule has 1 heterocycles. The molecule has 0 atom stereocenters. The summed E-state index contributed by atoms with van der Waals surface area (Å²) in [5, 5.41) is 15.9. The predicted molar refractivity (Wildman–Crippen MR) is 91.1 cm³/mol. The zero-order valence-electron chi connectivity index (χ0n) is 13.9. The van der Waals surface area contributed by atoms with E-state index < -0.39 is 28.6 Å². The summed E-state index contributed by atoms with van der Waals surface area (Å²) in [4.78, 5) is 12.7. The first-order valence-corrected chi connectivity index (χ1v) is 8.21. The third kappa shape index (κ3) is 2.92. The fourth-order valence-electron chi connectivity index (χ4n) is 3.05. The molecule has 2 N–H and O–H groups in total. The van der Waals surface area contributed by atoms with Gasteiger partial charge in [0.2, 0.25) is 5.91 Å². The van der Waals surface area contributed by atoms with Crippen molar-refractivity contribution in [2.75, 3.05) is 5.32 Å². The molecule has 0 spiro atoms. The van der Waals surface area contributed by atoms with E-state index in [9.17, 15) is 18.0 Å². The van der Waals surface area contributed by atoms with Gasteiger partial charge in [-0.3, -0.25) is 4.79 Å². The lowest BCUT2D eigenvalue weighted by Crippen LogP contribution is -2.29. The van der Waals surface area contributed by atoms with Crippen LogP contribution in [0.25, 0.3) is 5.69 Å². The molecule has 1 aliphatic rings. The average molecular weight is 373 g/mol. The normalized spacial score (nSPS) is 14.8. The minimum atomic E-state index is -1.12. The summed E-state index contributed by atoms with van der Waals surface area (Å²) in [7, 11) is 0. The number of carbonyl (C=O) groups excluding carboxylic acids is 1. The van der Waals surface area contributed by atoms with Crippen LogP contribution in [-0.4, -0.2) is 20.8 Å². The smallest absolute Gasteiger partial charge is 0.236 e. The Morgan fingerprint density at radius 3 is 2.37 bits per heavy atom. The molecule has 27 heavy (non-hydrogen) atoms. The highest BCUT2D eigenvalue weighted by atomic mass is 19.1. The summed E-state index contributed by atoms with van der Waals surface area (Å²) in [5.41, 5.74) is -0.547. The molecule has 1 aliphatic carbocycles. The molecule has 2 aromatic carbocycles. The number of rotatable bonds is 4. The SMILES string of the molecule is O=C(Nc1ccn(-c2cc(F)c(O)c(F)c2)n1)C1(c2ccccc2F)CC1. The van der Waals surface area contributed by atoms with Gasteiger partial charge in [-0.15, -0.1) is 0 Å². The highest BCUT2D eigenvalue weighted by Crippen LogP contribution is 2.49. The van der Waals surface area contributed by atoms with E-state index in [2.05, 4.69) is 10.4 Å². The molecule has 0 saturated heterocycles. The van der Waals surface area contributed by atoms with Crippen molar-refractivity contribution < 1.29 is 23.1 Å². The van der Waals surface area contributed by atoms with Crippen LogP contribution < -0.4 is 5.32 Å². The number of hydrogen-bond acceptors (Lipinski definition) is 3. The molecule has 138 valence electrons. The van der Waals surface area contributed by atoms with Gasteiger partial charge in [-0.05, 0) is 18.9 Å². The van der Waals surface area contributed by atoms with E-state index in [4.69, 9.17) is 5.11 Å². The highest BCUT2D eigenvalue weighted by Gasteiger charge is 2.52. The monoisotopic (exact) mass is 373 g/mol. The molecule has 4 rings (SSSR count). The third-order valence-electron chi connectivity index (χ3n) is 4.67. The van der Waals surface area contributed by atoms with E-state index in [1.807, 2.05) is 0 Å². The van der Waals surface area contributed by atoms with Crippen molar-refractivity contribution >= 4 is 11.7 Å². The van der Waals surface area contributed by atoms with Crippen LogP contribution in [0.1, 0.15) is 18.4 Å². The number of phenolic OH excluding ortho intramolecular Hbond substituents is 1. The Bertz CT molecular complexity index is 1020. The van der Waals surface area contributed by atoms with Gasteiger partial charge in [0.05, 0.1) is 11.1 Å². The molecular formula is C19H14F3N3O2. The minimum Gasteiger partial charge on any atom is -0.503 e. The molecule has 3 aromatic rings. The molecule has 5 nitrogen and oxygen atoms in total. The van der Waals surface area contributed by atoms with Gasteiger partial charge in [-0.25, -0.2) is 17.9 Å². The van der Waals surface area contributed by atoms with Gasteiger partial charge < -0.3 is 10.4 Å². The minimum absolute atomic E-state index is 0.0403. The van der Waals surface area contributed by atoms with Gasteiger partial charge in [0.1, 0.15) is 5.82 Å². The summed E-state index contributed by atoms with van der Waals surface area (Å²) in [6.07, 6.45) is 2.45. The van der Waals surface area contributed by atoms with Crippen LogP contribution in [0.3, 0.4) is 0 Å². The van der Waals surface area contributed by atoms with Gasteiger partial charge in [0.15, 0.2) is 23.2 Å². The standard InChI is InChI=1S/C19H14F3N3O2/c20-13-4-2-1-3-12(13)19(6-7-19)18(27)23-16-5-8-25(24-16)11-9-14(21)17(26)15(22)10-11/h1-5,8-10,26H,6-7H2,(H,23,24,27). The molecule has 1 aromatic heterocycles. The summed E-state index contributed by atoms with van der Waals surface area (Å²) < 4.78 is 42.2. The number of hydrogen-bond donors (Lipinski definition) is 2. The Labute approximate surface area is 152 Å². The van der Waals surface area contributed by atoms with Crippen LogP contribution in [0.15, 0.2) is 48.7 Å². The highest BCUT2D eigenvalue weighted by molar-refractivity contribution is 6.00. The number of anilines is 1. The number of amides is 1. The van der Waals surface area contributed by atoms with Crippen LogP contribution in [0, 0.1) is 17.5 Å². The maximum atomic E-state index is 14.1. The molecule has 0 bridgehead atoms. The second-order valence-corrected chi connectivity index (χ2v) is 6.42. The number of nitrogens with zero attached hydrogens (tertiary/aromatic N) is 2. The number of halogens is 3. The molecule has 1 saturated carbocycles. The first-order chi connectivity index (χ1) is 12.9. The number of aromatic hydroxyl groups is 1. The van der Waals surface area contributed by atoms with Crippen molar-refractivity contribution in [2.45, 2.75) is 18.3 Å². The van der Waals surface area contributed by atoms with Crippen molar-refractivity contribution in [1.82, 2.24) is 9.78 Å². The fraction of sp³-hybridized carbons (Fsp3) is 0.158. The number of carbonyl (C=O) groups is 1. The summed E-state index contributed by atoms with van der Waals surface area (Å²) in [6.45, 7) is 0. The summed E-state index contributed by atoms with van der Waals surface area (Å²) >= 11 is 0. The van der Waals surface area contributed by atoms with Gasteiger partial charge in [0.25, 0.3) is 0 Å². The van der Waals surface area contributed by atoms with Crippen LogP contribution in [0.2, 0.25) is 0 Å². The molecule has 1 fully saturated rings. The second-order valence-electron chi connectivity index (χ2n) is 6.42. The Morgan fingerprint density at radius 2 is 1.74 bits per heavy atom. The van der Waals surface area contributed by atoms with E-state index in [1.165, 1.54) is 18.3 Å². The Kier molecular flexibility index (Phi) is 3.91. The third-order valence-corrected chi connectivity index (χ3v) is 4.67. The maximum Gasteiger partial charge on any atom is 0.236 e. The zero-order chi connectivity index (χ0) is 19.2. The van der Waals surface area contributed by atoms with Crippen molar-refractivity contribution in [3.8, 4) is 11.4 Å². The Balaban J connectivity index is 1.57. The average Bonchev–Trinajstić information content (AvgIpc) is 3.32. The lowest BCUT2D eigenvalue weighted by atomic mass is 9.94. The van der Waals surface area contributed by atoms with Gasteiger partial charge in [-0.1, -0.05) is 18.2 Å². The molecule has 0 aliphatic heterocycles.